The van der Waals surface area contributed by atoms with Crippen LogP contribution in [-0.4, -0.2) is 5.78 Å². The smallest absolute Gasteiger partial charge is 0.163 e. The molecule has 0 spiro atoms. The maximum atomic E-state index is 11.6. The van der Waals surface area contributed by atoms with E-state index in [-0.39, 0.29) is 11.9 Å². The second-order valence-corrected chi connectivity index (χ2v) is 4.64. The van der Waals surface area contributed by atoms with E-state index in [2.05, 4.69) is 24.3 Å². The molecule has 0 saturated heterocycles. The molecule has 1 atom stereocenters. The third-order valence-corrected chi connectivity index (χ3v) is 3.22. The van der Waals surface area contributed by atoms with E-state index in [1.165, 1.54) is 10.8 Å². The molecule has 0 fully saturated rings. The summed E-state index contributed by atoms with van der Waals surface area (Å²) >= 11 is 0. The molecule has 2 aromatic rings. The van der Waals surface area contributed by atoms with Crippen LogP contribution < -0.4 is 0 Å². The van der Waals surface area contributed by atoms with Gasteiger partial charge in [-0.25, -0.2) is 0 Å². The zero-order valence-electron chi connectivity index (χ0n) is 10.2. The van der Waals surface area contributed by atoms with Crippen LogP contribution in [0.2, 0.25) is 0 Å². The summed E-state index contributed by atoms with van der Waals surface area (Å²) in [6.07, 6.45) is 1.85. The second kappa shape index (κ2) is 4.30. The minimum atomic E-state index is -0.146. The van der Waals surface area contributed by atoms with Gasteiger partial charge in [0.15, 0.2) is 5.78 Å². The van der Waals surface area contributed by atoms with E-state index in [0.717, 1.165) is 5.56 Å². The molecule has 0 unspecified atom stereocenters. The van der Waals surface area contributed by atoms with Gasteiger partial charge >= 0.3 is 0 Å². The lowest BCUT2D eigenvalue weighted by Crippen LogP contribution is -2.14. The lowest BCUT2D eigenvalue weighted by Gasteiger charge is -2.22. The van der Waals surface area contributed by atoms with Crippen LogP contribution in [0.15, 0.2) is 54.3 Å². The normalized spacial score (nSPS) is 19.5. The van der Waals surface area contributed by atoms with Crippen molar-refractivity contribution in [2.24, 2.45) is 0 Å². The molecule has 1 heterocycles. The van der Waals surface area contributed by atoms with Crippen molar-refractivity contribution in [2.75, 3.05) is 0 Å². The standard InChI is InChI=1S/C16H14O2/c1-11-8-15(17)10-16(18-11)14-7-6-12-4-2-3-5-13(12)9-14/h2-9,16H,10H2,1H3/t16-/m1/s1. The monoisotopic (exact) mass is 238 g/mol. The number of hydrogen-bond donors (Lipinski definition) is 0. The van der Waals surface area contributed by atoms with Crippen molar-refractivity contribution >= 4 is 16.6 Å². The van der Waals surface area contributed by atoms with Crippen molar-refractivity contribution in [3.63, 3.8) is 0 Å². The van der Waals surface area contributed by atoms with Gasteiger partial charge < -0.3 is 4.74 Å². The van der Waals surface area contributed by atoms with Crippen LogP contribution in [-0.2, 0) is 9.53 Å². The molecule has 0 bridgehead atoms. The SMILES string of the molecule is CC1=CC(=O)C[C@H](c2ccc3ccccc3c2)O1. The molecular weight excluding hydrogens is 224 g/mol. The summed E-state index contributed by atoms with van der Waals surface area (Å²) in [7, 11) is 0. The third kappa shape index (κ3) is 2.02. The predicted octanol–water partition coefficient (Wildman–Crippen LogP) is 3.77. The summed E-state index contributed by atoms with van der Waals surface area (Å²) in [4.78, 5) is 11.6. The van der Waals surface area contributed by atoms with Gasteiger partial charge in [0.05, 0.1) is 12.2 Å². The van der Waals surface area contributed by atoms with E-state index >= 15 is 0 Å². The maximum absolute atomic E-state index is 11.6. The highest BCUT2D eigenvalue weighted by atomic mass is 16.5. The summed E-state index contributed by atoms with van der Waals surface area (Å²) in [5.74, 6) is 0.835. The van der Waals surface area contributed by atoms with Crippen LogP contribution in [0, 0.1) is 0 Å². The fourth-order valence-corrected chi connectivity index (χ4v) is 2.36. The van der Waals surface area contributed by atoms with Crippen molar-refractivity contribution in [3.05, 3.63) is 59.9 Å². The van der Waals surface area contributed by atoms with Gasteiger partial charge in [0.2, 0.25) is 0 Å². The third-order valence-electron chi connectivity index (χ3n) is 3.22. The number of carbonyl (C=O) groups excluding carboxylic acids is 1. The Kier molecular flexibility index (Phi) is 2.63. The fourth-order valence-electron chi connectivity index (χ4n) is 2.36. The van der Waals surface area contributed by atoms with E-state index in [9.17, 15) is 4.79 Å². The molecule has 0 aliphatic carbocycles. The molecule has 2 aromatic carbocycles. The lowest BCUT2D eigenvalue weighted by atomic mass is 9.98. The zero-order chi connectivity index (χ0) is 12.5. The zero-order valence-corrected chi connectivity index (χ0v) is 10.2. The van der Waals surface area contributed by atoms with Crippen molar-refractivity contribution in [1.29, 1.82) is 0 Å². The molecule has 1 aliphatic heterocycles. The van der Waals surface area contributed by atoms with E-state index in [1.54, 1.807) is 6.08 Å². The van der Waals surface area contributed by atoms with Gasteiger partial charge in [-0.15, -0.1) is 0 Å². The highest BCUT2D eigenvalue weighted by Crippen LogP contribution is 2.30. The van der Waals surface area contributed by atoms with E-state index in [0.29, 0.717) is 12.2 Å². The number of ketones is 1. The van der Waals surface area contributed by atoms with E-state index in [1.807, 2.05) is 25.1 Å². The number of hydrogen-bond acceptors (Lipinski definition) is 2. The van der Waals surface area contributed by atoms with Crippen LogP contribution in [0.25, 0.3) is 10.8 Å². The predicted molar refractivity (Wildman–Crippen MR) is 71.2 cm³/mol. The molecule has 0 saturated carbocycles. The molecular formula is C16H14O2. The summed E-state index contributed by atoms with van der Waals surface area (Å²) in [5.41, 5.74) is 1.06. The second-order valence-electron chi connectivity index (χ2n) is 4.64. The Hall–Kier alpha value is -2.09. The average molecular weight is 238 g/mol. The van der Waals surface area contributed by atoms with Crippen molar-refractivity contribution in [3.8, 4) is 0 Å². The Morgan fingerprint density at radius 3 is 2.67 bits per heavy atom. The van der Waals surface area contributed by atoms with Crippen LogP contribution in [0.4, 0.5) is 0 Å². The van der Waals surface area contributed by atoms with Gasteiger partial charge in [0, 0.05) is 6.08 Å². The molecule has 2 nitrogen and oxygen atoms in total. The lowest BCUT2D eigenvalue weighted by molar-refractivity contribution is -0.118. The Morgan fingerprint density at radius 2 is 1.89 bits per heavy atom. The molecule has 0 amide bonds. The Labute approximate surface area is 106 Å². The van der Waals surface area contributed by atoms with Crippen molar-refractivity contribution < 1.29 is 9.53 Å². The molecule has 0 radical (unpaired) electrons. The number of benzene rings is 2. The number of allylic oxidation sites excluding steroid dienone is 2. The van der Waals surface area contributed by atoms with Gasteiger partial charge in [0.1, 0.15) is 6.10 Å². The Balaban J connectivity index is 2.00. The summed E-state index contributed by atoms with van der Waals surface area (Å²) < 4.78 is 5.73. The molecule has 2 heteroatoms. The minimum absolute atomic E-state index is 0.136. The molecule has 0 N–H and O–H groups in total. The van der Waals surface area contributed by atoms with Crippen LogP contribution in [0.1, 0.15) is 25.0 Å². The number of ether oxygens (including phenoxy) is 1. The summed E-state index contributed by atoms with van der Waals surface area (Å²) in [6, 6.07) is 14.4. The summed E-state index contributed by atoms with van der Waals surface area (Å²) in [5, 5.41) is 2.38. The number of fused-ring (bicyclic) bond motifs is 1. The maximum Gasteiger partial charge on any atom is 0.163 e. The molecule has 18 heavy (non-hydrogen) atoms. The first-order valence-electron chi connectivity index (χ1n) is 6.09. The van der Waals surface area contributed by atoms with Crippen molar-refractivity contribution in [2.45, 2.75) is 19.4 Å². The van der Waals surface area contributed by atoms with Gasteiger partial charge in [-0.2, -0.15) is 0 Å². The largest absolute Gasteiger partial charge is 0.490 e. The van der Waals surface area contributed by atoms with Gasteiger partial charge in [-0.1, -0.05) is 36.4 Å². The van der Waals surface area contributed by atoms with Gasteiger partial charge in [-0.05, 0) is 29.3 Å². The Morgan fingerprint density at radius 1 is 1.11 bits per heavy atom. The van der Waals surface area contributed by atoms with Crippen molar-refractivity contribution in [1.82, 2.24) is 0 Å². The topological polar surface area (TPSA) is 26.3 Å². The summed E-state index contributed by atoms with van der Waals surface area (Å²) in [6.45, 7) is 1.82. The van der Waals surface area contributed by atoms with Crippen LogP contribution >= 0.6 is 0 Å². The first kappa shape index (κ1) is 11.0. The first-order chi connectivity index (χ1) is 8.72. The molecule has 3 rings (SSSR count). The average Bonchev–Trinajstić information content (AvgIpc) is 2.37. The van der Waals surface area contributed by atoms with E-state index in [4.69, 9.17) is 4.74 Å². The van der Waals surface area contributed by atoms with Crippen LogP contribution in [0.5, 0.6) is 0 Å². The Bertz CT molecular complexity index is 640. The minimum Gasteiger partial charge on any atom is -0.490 e. The fraction of sp³-hybridized carbons (Fsp3) is 0.188. The first-order valence-corrected chi connectivity index (χ1v) is 6.09. The van der Waals surface area contributed by atoms with Crippen LogP contribution in [0.3, 0.4) is 0 Å². The van der Waals surface area contributed by atoms with E-state index < -0.39 is 0 Å². The quantitative estimate of drug-likeness (QED) is 0.755. The number of carbonyl (C=O) groups is 1. The van der Waals surface area contributed by atoms with Gasteiger partial charge in [-0.3, -0.25) is 4.79 Å². The number of rotatable bonds is 1. The van der Waals surface area contributed by atoms with Gasteiger partial charge in [0.25, 0.3) is 0 Å². The molecule has 90 valence electrons. The molecule has 0 aromatic heterocycles. The highest BCUT2D eigenvalue weighted by molar-refractivity contribution is 5.91. The molecule has 1 aliphatic rings. The highest BCUT2D eigenvalue weighted by Gasteiger charge is 2.21.